The van der Waals surface area contributed by atoms with Crippen LogP contribution in [0, 0.1) is 24.7 Å². The summed E-state index contributed by atoms with van der Waals surface area (Å²) in [5.41, 5.74) is 0. The third-order valence-electron chi connectivity index (χ3n) is 2.44. The van der Waals surface area contributed by atoms with Gasteiger partial charge < -0.3 is 0 Å². The van der Waals surface area contributed by atoms with Crippen molar-refractivity contribution in [2.24, 2.45) is 17.8 Å². The molecule has 1 radical (unpaired) electrons. The SMILES string of the molecule is [CH2]C(C)C(C)CC(C)CC. The Labute approximate surface area is 66.0 Å². The topological polar surface area (TPSA) is 0 Å². The summed E-state index contributed by atoms with van der Waals surface area (Å²) in [4.78, 5) is 0. The van der Waals surface area contributed by atoms with Crippen molar-refractivity contribution in [1.29, 1.82) is 0 Å². The van der Waals surface area contributed by atoms with Crippen LogP contribution in [-0.2, 0) is 0 Å². The Kier molecular flexibility index (Phi) is 4.76. The molecule has 0 amide bonds. The van der Waals surface area contributed by atoms with E-state index < -0.39 is 0 Å². The molecule has 0 saturated carbocycles. The summed E-state index contributed by atoms with van der Waals surface area (Å²) in [6.45, 7) is 13.1. The Morgan fingerprint density at radius 2 is 1.70 bits per heavy atom. The summed E-state index contributed by atoms with van der Waals surface area (Å²) in [6.07, 6.45) is 2.64. The van der Waals surface area contributed by atoms with Crippen molar-refractivity contribution in [3.63, 3.8) is 0 Å². The molecular formula is C10H21. The molecule has 0 aliphatic heterocycles. The molecule has 0 aromatic heterocycles. The Bertz CT molecular complexity index is 74.1. The van der Waals surface area contributed by atoms with Gasteiger partial charge in [0.15, 0.2) is 0 Å². The molecule has 0 rings (SSSR count). The minimum Gasteiger partial charge on any atom is -0.0651 e. The lowest BCUT2D eigenvalue weighted by atomic mass is 9.88. The van der Waals surface area contributed by atoms with Gasteiger partial charge in [0.25, 0.3) is 0 Å². The molecule has 0 aliphatic rings. The minimum absolute atomic E-state index is 0.606. The van der Waals surface area contributed by atoms with Crippen LogP contribution in [0.2, 0.25) is 0 Å². The monoisotopic (exact) mass is 141 g/mol. The third-order valence-corrected chi connectivity index (χ3v) is 2.44. The minimum atomic E-state index is 0.606. The molecule has 0 aromatic carbocycles. The Morgan fingerprint density at radius 1 is 1.20 bits per heavy atom. The molecule has 0 aromatic rings. The second kappa shape index (κ2) is 4.76. The standard InChI is InChI=1S/C10H21/c1-6-9(4)7-10(5)8(2)3/h8-10H,2,6-7H2,1,3-5H3. The fourth-order valence-electron chi connectivity index (χ4n) is 1.03. The van der Waals surface area contributed by atoms with Gasteiger partial charge in [0.05, 0.1) is 0 Å². The predicted molar refractivity (Wildman–Crippen MR) is 47.8 cm³/mol. The summed E-state index contributed by atoms with van der Waals surface area (Å²) < 4.78 is 0. The van der Waals surface area contributed by atoms with Gasteiger partial charge in [0.1, 0.15) is 0 Å². The maximum absolute atomic E-state index is 4.03. The average Bonchev–Trinajstić information content (AvgIpc) is 1.87. The second-order valence-electron chi connectivity index (χ2n) is 3.70. The van der Waals surface area contributed by atoms with E-state index in [9.17, 15) is 0 Å². The predicted octanol–water partition coefficient (Wildman–Crippen LogP) is 3.53. The lowest BCUT2D eigenvalue weighted by Crippen LogP contribution is -2.08. The molecule has 3 unspecified atom stereocenters. The van der Waals surface area contributed by atoms with Gasteiger partial charge in [-0.05, 0) is 24.2 Å². The van der Waals surface area contributed by atoms with Gasteiger partial charge in [-0.1, -0.05) is 41.0 Å². The first kappa shape index (κ1) is 10.0. The van der Waals surface area contributed by atoms with Crippen LogP contribution in [0.15, 0.2) is 0 Å². The molecule has 0 nitrogen and oxygen atoms in total. The average molecular weight is 141 g/mol. The zero-order valence-electron chi connectivity index (χ0n) is 7.85. The molecule has 61 valence electrons. The fraction of sp³-hybridized carbons (Fsp3) is 0.900. The first-order chi connectivity index (χ1) is 4.57. The highest BCUT2D eigenvalue weighted by molar-refractivity contribution is 4.65. The lowest BCUT2D eigenvalue weighted by molar-refractivity contribution is 0.347. The smallest absolute Gasteiger partial charge is 0.0414 e. The summed E-state index contributed by atoms with van der Waals surface area (Å²) in [7, 11) is 0. The van der Waals surface area contributed by atoms with E-state index in [-0.39, 0.29) is 0 Å². The molecular weight excluding hydrogens is 120 g/mol. The van der Waals surface area contributed by atoms with Crippen LogP contribution in [0.25, 0.3) is 0 Å². The third kappa shape index (κ3) is 3.92. The van der Waals surface area contributed by atoms with Crippen LogP contribution >= 0.6 is 0 Å². The van der Waals surface area contributed by atoms with Crippen molar-refractivity contribution >= 4 is 0 Å². The van der Waals surface area contributed by atoms with Gasteiger partial charge in [-0.15, -0.1) is 0 Å². The van der Waals surface area contributed by atoms with E-state index in [0.29, 0.717) is 5.92 Å². The molecule has 0 aliphatic carbocycles. The first-order valence-corrected chi connectivity index (χ1v) is 4.41. The van der Waals surface area contributed by atoms with Crippen LogP contribution in [0.1, 0.15) is 40.5 Å². The van der Waals surface area contributed by atoms with E-state index in [2.05, 4.69) is 34.6 Å². The molecule has 0 bridgehead atoms. The highest BCUT2D eigenvalue weighted by atomic mass is 14.2. The van der Waals surface area contributed by atoms with E-state index in [1.807, 2.05) is 0 Å². The van der Waals surface area contributed by atoms with Gasteiger partial charge in [0.2, 0.25) is 0 Å². The fourth-order valence-corrected chi connectivity index (χ4v) is 1.03. The number of hydrogen-bond acceptors (Lipinski definition) is 0. The normalized spacial score (nSPS) is 17.4. The van der Waals surface area contributed by atoms with E-state index in [0.717, 1.165) is 11.8 Å². The van der Waals surface area contributed by atoms with Crippen LogP contribution in [0.3, 0.4) is 0 Å². The van der Waals surface area contributed by atoms with Gasteiger partial charge in [-0.2, -0.15) is 0 Å². The van der Waals surface area contributed by atoms with E-state index in [1.165, 1.54) is 12.8 Å². The zero-order chi connectivity index (χ0) is 8.15. The largest absolute Gasteiger partial charge is 0.0651 e. The van der Waals surface area contributed by atoms with Crippen molar-refractivity contribution in [2.45, 2.75) is 40.5 Å². The molecule has 3 atom stereocenters. The van der Waals surface area contributed by atoms with Gasteiger partial charge in [0, 0.05) is 0 Å². The Hall–Kier alpha value is 0. The second-order valence-corrected chi connectivity index (χ2v) is 3.70. The van der Waals surface area contributed by atoms with Crippen molar-refractivity contribution < 1.29 is 0 Å². The Morgan fingerprint density at radius 3 is 2.00 bits per heavy atom. The summed E-state index contributed by atoms with van der Waals surface area (Å²) in [5.74, 6) is 2.27. The van der Waals surface area contributed by atoms with Crippen LogP contribution in [-0.4, -0.2) is 0 Å². The van der Waals surface area contributed by atoms with Crippen molar-refractivity contribution in [2.75, 3.05) is 0 Å². The molecule has 0 N–H and O–H groups in total. The molecule has 0 saturated heterocycles. The van der Waals surface area contributed by atoms with Crippen molar-refractivity contribution in [3.05, 3.63) is 6.92 Å². The maximum Gasteiger partial charge on any atom is -0.0414 e. The number of hydrogen-bond donors (Lipinski definition) is 0. The summed E-state index contributed by atoms with van der Waals surface area (Å²) >= 11 is 0. The molecule has 0 spiro atoms. The van der Waals surface area contributed by atoms with Gasteiger partial charge in [-0.25, -0.2) is 0 Å². The van der Waals surface area contributed by atoms with Crippen LogP contribution in [0.5, 0.6) is 0 Å². The molecule has 0 heteroatoms. The van der Waals surface area contributed by atoms with Crippen molar-refractivity contribution in [3.8, 4) is 0 Å². The zero-order valence-corrected chi connectivity index (χ0v) is 7.85. The van der Waals surface area contributed by atoms with E-state index >= 15 is 0 Å². The van der Waals surface area contributed by atoms with E-state index in [1.54, 1.807) is 0 Å². The van der Waals surface area contributed by atoms with Crippen molar-refractivity contribution in [1.82, 2.24) is 0 Å². The molecule has 10 heavy (non-hydrogen) atoms. The number of rotatable bonds is 4. The summed E-state index contributed by atoms with van der Waals surface area (Å²) in [5, 5.41) is 0. The lowest BCUT2D eigenvalue weighted by Gasteiger charge is -2.18. The highest BCUT2D eigenvalue weighted by Crippen LogP contribution is 2.20. The van der Waals surface area contributed by atoms with Gasteiger partial charge >= 0.3 is 0 Å². The highest BCUT2D eigenvalue weighted by Gasteiger charge is 2.09. The Balaban J connectivity index is 3.46. The summed E-state index contributed by atoms with van der Waals surface area (Å²) in [6, 6.07) is 0. The maximum atomic E-state index is 4.03. The molecule has 0 heterocycles. The van der Waals surface area contributed by atoms with Crippen LogP contribution in [0.4, 0.5) is 0 Å². The molecule has 0 fully saturated rings. The van der Waals surface area contributed by atoms with Crippen LogP contribution < -0.4 is 0 Å². The quantitative estimate of drug-likeness (QED) is 0.562. The first-order valence-electron chi connectivity index (χ1n) is 4.41. The van der Waals surface area contributed by atoms with Gasteiger partial charge in [-0.3, -0.25) is 0 Å². The van der Waals surface area contributed by atoms with E-state index in [4.69, 9.17) is 0 Å².